The Hall–Kier alpha value is -4.74. The summed E-state index contributed by atoms with van der Waals surface area (Å²) in [5, 5.41) is 26.8. The standard InChI is InChI=1S/C32H31N5O3/c1-36-30(12-15-34-36)32(40)19-22-2-7-26(8-3-22)35-29-11-4-23(18-25(29)21-33)20-31(39)24-5-9-27(10-6-24)37-16-13-28(38)14-17-37/h2-12,15,18,28,35,38H,13-14,16-17,19-20H2,1H3. The second-order valence-corrected chi connectivity index (χ2v) is 10.1. The normalized spacial score (nSPS) is 13.6. The van der Waals surface area contributed by atoms with Gasteiger partial charge in [0.2, 0.25) is 0 Å². The van der Waals surface area contributed by atoms with Crippen LogP contribution in [-0.4, -0.2) is 45.6 Å². The number of nitrogens with zero attached hydrogens (tertiary/aromatic N) is 4. The molecule has 2 N–H and O–H groups in total. The van der Waals surface area contributed by atoms with E-state index in [4.69, 9.17) is 0 Å². The molecule has 202 valence electrons. The molecule has 1 aromatic heterocycles. The molecule has 4 aromatic rings. The van der Waals surface area contributed by atoms with Gasteiger partial charge in [-0.15, -0.1) is 0 Å². The summed E-state index contributed by atoms with van der Waals surface area (Å²) >= 11 is 0. The van der Waals surface area contributed by atoms with E-state index in [-0.39, 0.29) is 30.5 Å². The largest absolute Gasteiger partial charge is 0.393 e. The Balaban J connectivity index is 1.20. The number of carbonyl (C=O) groups is 2. The van der Waals surface area contributed by atoms with Crippen LogP contribution in [0.2, 0.25) is 0 Å². The van der Waals surface area contributed by atoms with Gasteiger partial charge in [-0.25, -0.2) is 0 Å². The summed E-state index contributed by atoms with van der Waals surface area (Å²) in [6.45, 7) is 1.61. The number of Topliss-reactive ketones (excluding diaryl/α,β-unsaturated/α-hetero) is 2. The topological polar surface area (TPSA) is 111 Å². The number of carbonyl (C=O) groups excluding carboxylic acids is 2. The quantitative estimate of drug-likeness (QED) is 0.296. The van der Waals surface area contributed by atoms with Gasteiger partial charge < -0.3 is 15.3 Å². The average Bonchev–Trinajstić information content (AvgIpc) is 3.41. The highest BCUT2D eigenvalue weighted by atomic mass is 16.3. The Morgan fingerprint density at radius 3 is 2.27 bits per heavy atom. The lowest BCUT2D eigenvalue weighted by Gasteiger charge is -2.31. The Labute approximate surface area is 233 Å². The molecule has 1 aliphatic rings. The minimum atomic E-state index is -0.224. The van der Waals surface area contributed by atoms with Crippen LogP contribution >= 0.6 is 0 Å². The summed E-state index contributed by atoms with van der Waals surface area (Å²) in [6, 6.07) is 24.5. The van der Waals surface area contributed by atoms with Gasteiger partial charge in [0, 0.05) is 56.1 Å². The highest BCUT2D eigenvalue weighted by Gasteiger charge is 2.18. The number of anilines is 3. The number of ketones is 2. The summed E-state index contributed by atoms with van der Waals surface area (Å²) in [5.74, 6) is -0.0160. The number of nitriles is 1. The van der Waals surface area contributed by atoms with Gasteiger partial charge in [-0.1, -0.05) is 18.2 Å². The smallest absolute Gasteiger partial charge is 0.185 e. The molecular weight excluding hydrogens is 502 g/mol. The van der Waals surface area contributed by atoms with Crippen LogP contribution in [0.1, 0.15) is 50.4 Å². The number of piperidine rings is 1. The molecule has 0 saturated carbocycles. The fourth-order valence-corrected chi connectivity index (χ4v) is 4.96. The van der Waals surface area contributed by atoms with E-state index < -0.39 is 0 Å². The fraction of sp³-hybridized carbons (Fsp3) is 0.250. The highest BCUT2D eigenvalue weighted by molar-refractivity contribution is 5.98. The van der Waals surface area contributed by atoms with Crippen LogP contribution in [0.4, 0.5) is 17.1 Å². The second-order valence-electron chi connectivity index (χ2n) is 10.1. The molecule has 8 nitrogen and oxygen atoms in total. The highest BCUT2D eigenvalue weighted by Crippen LogP contribution is 2.24. The molecule has 1 aliphatic heterocycles. The third-order valence-corrected chi connectivity index (χ3v) is 7.29. The van der Waals surface area contributed by atoms with Crippen LogP contribution in [0.25, 0.3) is 0 Å². The molecule has 0 radical (unpaired) electrons. The van der Waals surface area contributed by atoms with Crippen LogP contribution < -0.4 is 10.2 Å². The summed E-state index contributed by atoms with van der Waals surface area (Å²) in [4.78, 5) is 27.7. The molecule has 5 rings (SSSR count). The van der Waals surface area contributed by atoms with Crippen molar-refractivity contribution in [2.24, 2.45) is 7.05 Å². The number of aliphatic hydroxyl groups excluding tert-OH is 1. The van der Waals surface area contributed by atoms with E-state index in [1.165, 1.54) is 0 Å². The summed E-state index contributed by atoms with van der Waals surface area (Å²) < 4.78 is 1.57. The summed E-state index contributed by atoms with van der Waals surface area (Å²) in [5.41, 5.74) is 5.79. The number of benzene rings is 3. The molecule has 8 heteroatoms. The maximum atomic E-state index is 12.9. The van der Waals surface area contributed by atoms with E-state index in [0.29, 0.717) is 22.5 Å². The Bertz CT molecular complexity index is 1540. The molecule has 40 heavy (non-hydrogen) atoms. The predicted molar refractivity (Wildman–Crippen MR) is 154 cm³/mol. The van der Waals surface area contributed by atoms with E-state index in [9.17, 15) is 20.0 Å². The number of hydrogen-bond donors (Lipinski definition) is 2. The van der Waals surface area contributed by atoms with Crippen molar-refractivity contribution in [3.05, 3.63) is 107 Å². The molecule has 0 aliphatic carbocycles. The number of aromatic nitrogens is 2. The third-order valence-electron chi connectivity index (χ3n) is 7.29. The van der Waals surface area contributed by atoms with E-state index in [1.807, 2.05) is 60.7 Å². The lowest BCUT2D eigenvalue weighted by molar-refractivity contribution is 0.0979. The molecule has 1 fully saturated rings. The van der Waals surface area contributed by atoms with E-state index in [0.717, 1.165) is 48.4 Å². The van der Waals surface area contributed by atoms with Crippen molar-refractivity contribution in [2.75, 3.05) is 23.3 Å². The zero-order valence-corrected chi connectivity index (χ0v) is 22.4. The van der Waals surface area contributed by atoms with Crippen LogP contribution in [0.5, 0.6) is 0 Å². The third kappa shape index (κ3) is 6.28. The van der Waals surface area contributed by atoms with Crippen molar-refractivity contribution >= 4 is 28.6 Å². The molecular formula is C32H31N5O3. The molecule has 0 atom stereocenters. The lowest BCUT2D eigenvalue weighted by Crippen LogP contribution is -2.35. The van der Waals surface area contributed by atoms with E-state index >= 15 is 0 Å². The van der Waals surface area contributed by atoms with Gasteiger partial charge in [-0.3, -0.25) is 14.3 Å². The fourth-order valence-electron chi connectivity index (χ4n) is 4.96. The minimum Gasteiger partial charge on any atom is -0.393 e. The Morgan fingerprint density at radius 1 is 0.950 bits per heavy atom. The maximum Gasteiger partial charge on any atom is 0.185 e. The lowest BCUT2D eigenvalue weighted by atomic mass is 10.00. The van der Waals surface area contributed by atoms with Gasteiger partial charge in [0.15, 0.2) is 11.6 Å². The number of aliphatic hydroxyl groups is 1. The monoisotopic (exact) mass is 533 g/mol. The van der Waals surface area contributed by atoms with Gasteiger partial charge in [-0.05, 0) is 78.6 Å². The zero-order chi connectivity index (χ0) is 28.1. The van der Waals surface area contributed by atoms with Gasteiger partial charge in [0.05, 0.1) is 17.4 Å². The van der Waals surface area contributed by atoms with Gasteiger partial charge in [0.1, 0.15) is 11.8 Å². The van der Waals surface area contributed by atoms with Crippen molar-refractivity contribution in [2.45, 2.75) is 31.8 Å². The number of rotatable bonds is 9. The Kier molecular flexibility index (Phi) is 8.04. The minimum absolute atomic E-state index is 0.00343. The van der Waals surface area contributed by atoms with Crippen LogP contribution in [0.15, 0.2) is 79.0 Å². The molecule has 0 bridgehead atoms. The number of aryl methyl sites for hydroxylation is 1. The van der Waals surface area contributed by atoms with Crippen molar-refractivity contribution < 1.29 is 14.7 Å². The van der Waals surface area contributed by atoms with Gasteiger partial charge >= 0.3 is 0 Å². The van der Waals surface area contributed by atoms with Crippen molar-refractivity contribution in [3.8, 4) is 6.07 Å². The van der Waals surface area contributed by atoms with Crippen molar-refractivity contribution in [1.82, 2.24) is 9.78 Å². The first kappa shape index (κ1) is 26.9. The molecule has 0 unspecified atom stereocenters. The predicted octanol–water partition coefficient (Wildman–Crippen LogP) is 4.85. The van der Waals surface area contributed by atoms with Gasteiger partial charge in [-0.2, -0.15) is 10.4 Å². The van der Waals surface area contributed by atoms with Crippen molar-refractivity contribution in [3.63, 3.8) is 0 Å². The van der Waals surface area contributed by atoms with Crippen molar-refractivity contribution in [1.29, 1.82) is 5.26 Å². The second kappa shape index (κ2) is 12.0. The molecule has 0 amide bonds. The molecule has 0 spiro atoms. The van der Waals surface area contributed by atoms with Crippen LogP contribution in [0, 0.1) is 11.3 Å². The van der Waals surface area contributed by atoms with Crippen LogP contribution in [0.3, 0.4) is 0 Å². The van der Waals surface area contributed by atoms with E-state index in [2.05, 4.69) is 21.4 Å². The molecule has 1 saturated heterocycles. The average molecular weight is 534 g/mol. The zero-order valence-electron chi connectivity index (χ0n) is 22.4. The van der Waals surface area contributed by atoms with Crippen LogP contribution in [-0.2, 0) is 19.9 Å². The first-order valence-electron chi connectivity index (χ1n) is 13.4. The number of nitrogens with one attached hydrogen (secondary N) is 1. The van der Waals surface area contributed by atoms with Gasteiger partial charge in [0.25, 0.3) is 0 Å². The first-order valence-corrected chi connectivity index (χ1v) is 13.4. The maximum absolute atomic E-state index is 12.9. The SMILES string of the molecule is Cn1nccc1C(=O)Cc1ccc(Nc2ccc(CC(=O)c3ccc(N4CCC(O)CC4)cc3)cc2C#N)cc1. The first-order chi connectivity index (χ1) is 19.4. The Morgan fingerprint density at radius 2 is 1.62 bits per heavy atom. The summed E-state index contributed by atoms with van der Waals surface area (Å²) in [6.07, 6.45) is 3.37. The molecule has 3 aromatic carbocycles. The summed E-state index contributed by atoms with van der Waals surface area (Å²) in [7, 11) is 1.75. The number of hydrogen-bond acceptors (Lipinski definition) is 7. The molecule has 2 heterocycles. The van der Waals surface area contributed by atoms with E-state index in [1.54, 1.807) is 30.1 Å².